The van der Waals surface area contributed by atoms with Crippen molar-refractivity contribution in [1.29, 1.82) is 0 Å². The molecule has 4 aliphatic rings. The number of nitrogens with zero attached hydrogens (tertiary/aromatic N) is 1. The number of ketones is 2. The lowest BCUT2D eigenvalue weighted by molar-refractivity contribution is -0.123. The zero-order valence-electron chi connectivity index (χ0n) is 21.2. The van der Waals surface area contributed by atoms with Crippen LogP contribution in [0.1, 0.15) is 42.4 Å². The molecule has 4 atom stereocenters. The largest absolute Gasteiger partial charge is 0.507 e. The van der Waals surface area contributed by atoms with E-state index < -0.39 is 17.8 Å². The number of aromatic hydroxyl groups is 1. The van der Waals surface area contributed by atoms with Gasteiger partial charge in [-0.2, -0.15) is 0 Å². The van der Waals surface area contributed by atoms with Crippen LogP contribution in [0.3, 0.4) is 0 Å². The molecule has 0 unspecified atom stereocenters. The normalized spacial score (nSPS) is 26.7. The van der Waals surface area contributed by atoms with E-state index in [0.717, 1.165) is 15.6 Å². The molecular formula is C31H26BrNO5. The molecule has 0 saturated carbocycles. The van der Waals surface area contributed by atoms with E-state index in [1.54, 1.807) is 45.0 Å². The summed E-state index contributed by atoms with van der Waals surface area (Å²) >= 11 is 3.40. The van der Waals surface area contributed by atoms with Crippen LogP contribution >= 0.6 is 15.9 Å². The van der Waals surface area contributed by atoms with Crippen LogP contribution in [-0.4, -0.2) is 28.5 Å². The molecule has 6 rings (SSSR count). The highest BCUT2D eigenvalue weighted by Gasteiger charge is 2.56. The summed E-state index contributed by atoms with van der Waals surface area (Å²) in [6, 6.07) is 10.8. The minimum Gasteiger partial charge on any atom is -0.507 e. The minimum absolute atomic E-state index is 0.167. The third-order valence-electron chi connectivity index (χ3n) is 8.50. The number of phenolic OH excluding ortho intramolecular Hbond substituents is 1. The van der Waals surface area contributed by atoms with Crippen LogP contribution in [0, 0.1) is 31.6 Å². The first kappa shape index (κ1) is 24.7. The van der Waals surface area contributed by atoms with Crippen LogP contribution in [0.25, 0.3) is 0 Å². The number of carbonyl (C=O) groups is 4. The standard InChI is InChI=1S/C31H26BrNO5/c1-14-10-17(11-15(2)28(14)35)25-20-8-9-21-26(22(20)13-23-24(34)12-16(3)29(36)27(23)25)31(38)33(30(21)37)19-6-4-18(32)5-7-19/h4-8,10-12,21-22,25-26,35H,9,13H2,1-3H3/t21-,22+,25-,26-/m0/s1. The second-order valence-corrected chi connectivity index (χ2v) is 11.6. The number of allylic oxidation sites excluding steroid dienone is 6. The van der Waals surface area contributed by atoms with E-state index in [9.17, 15) is 24.3 Å². The van der Waals surface area contributed by atoms with Gasteiger partial charge in [0.25, 0.3) is 0 Å². The molecule has 6 nitrogen and oxygen atoms in total. The Morgan fingerprint density at radius 2 is 1.58 bits per heavy atom. The summed E-state index contributed by atoms with van der Waals surface area (Å²) < 4.78 is 0.847. The highest BCUT2D eigenvalue weighted by molar-refractivity contribution is 9.10. The molecule has 2 amide bonds. The zero-order valence-corrected chi connectivity index (χ0v) is 22.8. The van der Waals surface area contributed by atoms with Crippen LogP contribution in [-0.2, 0) is 19.2 Å². The monoisotopic (exact) mass is 571 g/mol. The third-order valence-corrected chi connectivity index (χ3v) is 9.02. The lowest BCUT2D eigenvalue weighted by Gasteiger charge is -2.42. The topological polar surface area (TPSA) is 91.8 Å². The van der Waals surface area contributed by atoms with Gasteiger partial charge in [-0.1, -0.05) is 39.7 Å². The molecule has 0 spiro atoms. The molecule has 7 heteroatoms. The molecule has 0 radical (unpaired) electrons. The number of aryl methyl sites for hydroxylation is 2. The van der Waals surface area contributed by atoms with Crippen molar-refractivity contribution in [2.24, 2.45) is 17.8 Å². The Balaban J connectivity index is 1.50. The quantitative estimate of drug-likeness (QED) is 0.296. The minimum atomic E-state index is -0.614. The van der Waals surface area contributed by atoms with Gasteiger partial charge in [0.05, 0.1) is 17.5 Å². The number of hydrogen-bond donors (Lipinski definition) is 1. The number of carbonyl (C=O) groups excluding carboxylic acids is 4. The van der Waals surface area contributed by atoms with Crippen molar-refractivity contribution in [1.82, 2.24) is 0 Å². The van der Waals surface area contributed by atoms with Gasteiger partial charge in [-0.15, -0.1) is 0 Å². The summed E-state index contributed by atoms with van der Waals surface area (Å²) in [6.07, 6.45) is 4.03. The molecule has 192 valence electrons. The molecule has 1 saturated heterocycles. The number of anilines is 1. The summed E-state index contributed by atoms with van der Waals surface area (Å²) in [6.45, 7) is 5.27. The van der Waals surface area contributed by atoms with Gasteiger partial charge < -0.3 is 5.11 Å². The van der Waals surface area contributed by atoms with Gasteiger partial charge in [-0.25, -0.2) is 0 Å². The fourth-order valence-corrected chi connectivity index (χ4v) is 7.01. The van der Waals surface area contributed by atoms with E-state index in [1.165, 1.54) is 11.0 Å². The van der Waals surface area contributed by atoms with Gasteiger partial charge in [0, 0.05) is 27.1 Å². The molecule has 1 heterocycles. The number of rotatable bonds is 2. The van der Waals surface area contributed by atoms with Crippen LogP contribution in [0.5, 0.6) is 5.75 Å². The van der Waals surface area contributed by atoms with Crippen LogP contribution < -0.4 is 4.90 Å². The van der Waals surface area contributed by atoms with E-state index in [2.05, 4.69) is 15.9 Å². The van der Waals surface area contributed by atoms with Gasteiger partial charge in [0.2, 0.25) is 11.8 Å². The number of imide groups is 1. The zero-order chi connectivity index (χ0) is 27.0. The van der Waals surface area contributed by atoms with Crippen LogP contribution in [0.4, 0.5) is 5.69 Å². The van der Waals surface area contributed by atoms with E-state index in [4.69, 9.17) is 0 Å². The molecule has 38 heavy (non-hydrogen) atoms. The van der Waals surface area contributed by atoms with E-state index >= 15 is 0 Å². The second kappa shape index (κ2) is 8.73. The van der Waals surface area contributed by atoms with E-state index in [1.807, 2.05) is 18.2 Å². The fourth-order valence-electron chi connectivity index (χ4n) is 6.74. The lowest BCUT2D eigenvalue weighted by atomic mass is 9.59. The Hall–Kier alpha value is -3.58. The molecular weight excluding hydrogens is 546 g/mol. The Kier molecular flexibility index (Phi) is 5.69. The van der Waals surface area contributed by atoms with Crippen molar-refractivity contribution in [2.75, 3.05) is 4.90 Å². The number of Topliss-reactive ketones (excluding diaryl/α,β-unsaturated/α-hetero) is 1. The highest BCUT2D eigenvalue weighted by Crippen LogP contribution is 2.55. The maximum absolute atomic E-state index is 13.9. The van der Waals surface area contributed by atoms with Crippen molar-refractivity contribution >= 4 is 45.0 Å². The first-order valence-electron chi connectivity index (χ1n) is 12.7. The molecule has 3 aliphatic carbocycles. The molecule has 0 bridgehead atoms. The van der Waals surface area contributed by atoms with Crippen molar-refractivity contribution in [3.63, 3.8) is 0 Å². The average Bonchev–Trinajstić information content (AvgIpc) is 3.14. The molecule has 1 fully saturated rings. The van der Waals surface area contributed by atoms with E-state index in [0.29, 0.717) is 40.0 Å². The van der Waals surface area contributed by atoms with Crippen molar-refractivity contribution in [3.8, 4) is 5.75 Å². The highest BCUT2D eigenvalue weighted by atomic mass is 79.9. The predicted molar refractivity (Wildman–Crippen MR) is 146 cm³/mol. The average molecular weight is 572 g/mol. The fraction of sp³-hybridized carbons (Fsp3) is 0.290. The Bertz CT molecular complexity index is 1540. The molecule has 0 aromatic heterocycles. The predicted octanol–water partition coefficient (Wildman–Crippen LogP) is 5.41. The number of amides is 2. The van der Waals surface area contributed by atoms with Gasteiger partial charge in [0.1, 0.15) is 5.75 Å². The van der Waals surface area contributed by atoms with Crippen LogP contribution in [0.2, 0.25) is 0 Å². The van der Waals surface area contributed by atoms with E-state index in [-0.39, 0.29) is 41.5 Å². The molecule has 1 N–H and O–H groups in total. The summed E-state index contributed by atoms with van der Waals surface area (Å²) in [7, 11) is 0. The SMILES string of the molecule is CC1=CC(=O)C2=C(C1=O)[C@@H](c1cc(C)c(O)c(C)c1)C1=CC[C@@H]3C(=O)N(c4ccc(Br)cc4)C(=O)[C@@H]3[C@@H]1C2. The number of hydrogen-bond acceptors (Lipinski definition) is 5. The third kappa shape index (κ3) is 3.52. The van der Waals surface area contributed by atoms with Crippen molar-refractivity contribution < 1.29 is 24.3 Å². The van der Waals surface area contributed by atoms with Gasteiger partial charge in [-0.05, 0) is 86.6 Å². The first-order chi connectivity index (χ1) is 18.1. The number of fused-ring (bicyclic) bond motifs is 3. The Labute approximate surface area is 228 Å². The Morgan fingerprint density at radius 1 is 0.921 bits per heavy atom. The van der Waals surface area contributed by atoms with Gasteiger partial charge >= 0.3 is 0 Å². The summed E-state index contributed by atoms with van der Waals surface area (Å²) in [5, 5.41) is 10.4. The van der Waals surface area contributed by atoms with Crippen LogP contribution in [0.15, 0.2) is 75.3 Å². The Morgan fingerprint density at radius 3 is 2.24 bits per heavy atom. The summed E-state index contributed by atoms with van der Waals surface area (Å²) in [5.74, 6) is -2.71. The smallest absolute Gasteiger partial charge is 0.238 e. The molecule has 2 aromatic carbocycles. The number of halogens is 1. The molecule has 1 aliphatic heterocycles. The molecule has 2 aromatic rings. The van der Waals surface area contributed by atoms with Gasteiger partial charge in [0.15, 0.2) is 11.6 Å². The number of benzene rings is 2. The summed E-state index contributed by atoms with van der Waals surface area (Å²) in [4.78, 5) is 55.5. The van der Waals surface area contributed by atoms with Crippen molar-refractivity contribution in [3.05, 3.63) is 92.0 Å². The first-order valence-corrected chi connectivity index (χ1v) is 13.5. The summed E-state index contributed by atoms with van der Waals surface area (Å²) in [5.41, 5.74) is 4.87. The maximum atomic E-state index is 13.9. The second-order valence-electron chi connectivity index (χ2n) is 10.7. The maximum Gasteiger partial charge on any atom is 0.238 e. The van der Waals surface area contributed by atoms with Crippen molar-refractivity contribution in [2.45, 2.75) is 39.5 Å². The lowest BCUT2D eigenvalue weighted by Crippen LogP contribution is -2.39. The van der Waals surface area contributed by atoms with Gasteiger partial charge in [-0.3, -0.25) is 24.1 Å². The number of phenols is 1.